The van der Waals surface area contributed by atoms with E-state index in [4.69, 9.17) is 10.2 Å². The molecule has 8 heteroatoms. The predicted molar refractivity (Wildman–Crippen MR) is 220 cm³/mol. The van der Waals surface area contributed by atoms with Gasteiger partial charge in [-0.2, -0.15) is 10.2 Å². The molecular formula is C48H76N2O6. The smallest absolute Gasteiger partial charge is 0.303 e. The van der Waals surface area contributed by atoms with Crippen molar-refractivity contribution in [2.24, 2.45) is 103 Å². The van der Waals surface area contributed by atoms with Gasteiger partial charge in [0.1, 0.15) is 0 Å². The van der Waals surface area contributed by atoms with E-state index in [9.17, 15) is 30.0 Å². The van der Waals surface area contributed by atoms with Crippen LogP contribution < -0.4 is 0 Å². The standard InChI is InChI=1S/C48H76N2O6/c1-27(7-15-42(53)54)34-11-14-37-44-38(19-22-47(34,37)5)46(4)21-18-32(52)24-30(46)25-40(44)49-50-41-26-39-33(10-9-29-23-31(51)17-20-45(29,39)3)36-13-12-35(48(36,41)6)28(2)8-16-43(55)56/h27-39,44,51-52H,7-26H2,1-6H3,(H,53,54)(H,55,56)/b49-40-,50-41-/t27-,28-,29-,30+,31-,32-,33+,34-,35-,36+,37+,38+,39+,44+,45+,46+,47-,48-/m1/s1. The molecule has 0 unspecified atom stereocenters. The Morgan fingerprint density at radius 2 is 1.18 bits per heavy atom. The molecule has 0 heterocycles. The Hall–Kier alpha value is -1.80. The summed E-state index contributed by atoms with van der Waals surface area (Å²) in [5.74, 6) is 4.28. The first-order valence-electron chi connectivity index (χ1n) is 23.4. The molecule has 0 saturated heterocycles. The molecule has 8 rings (SSSR count). The summed E-state index contributed by atoms with van der Waals surface area (Å²) in [5.41, 5.74) is 3.01. The van der Waals surface area contributed by atoms with Crippen LogP contribution in [0.2, 0.25) is 0 Å². The van der Waals surface area contributed by atoms with Gasteiger partial charge in [0, 0.05) is 35.6 Å². The molecule has 18 atom stereocenters. The topological polar surface area (TPSA) is 140 Å². The second-order valence-electron chi connectivity index (χ2n) is 22.5. The first-order valence-corrected chi connectivity index (χ1v) is 23.4. The maximum atomic E-state index is 11.8. The Kier molecular flexibility index (Phi) is 11.0. The van der Waals surface area contributed by atoms with Crippen LogP contribution in [0.1, 0.15) is 170 Å². The number of rotatable bonds is 9. The Morgan fingerprint density at radius 1 is 0.625 bits per heavy atom. The zero-order valence-electron chi connectivity index (χ0n) is 35.7. The molecule has 8 aliphatic rings. The number of hydrogen-bond donors (Lipinski definition) is 4. The van der Waals surface area contributed by atoms with Gasteiger partial charge >= 0.3 is 11.9 Å². The van der Waals surface area contributed by atoms with Gasteiger partial charge in [-0.05, 0) is 197 Å². The second kappa shape index (κ2) is 15.0. The number of hydrogen-bond acceptors (Lipinski definition) is 6. The van der Waals surface area contributed by atoms with Crippen molar-refractivity contribution in [3.8, 4) is 0 Å². The molecule has 0 aromatic rings. The lowest BCUT2D eigenvalue weighted by molar-refractivity contribution is -0.138. The molecule has 0 aliphatic heterocycles. The highest BCUT2D eigenvalue weighted by atomic mass is 16.4. The first-order chi connectivity index (χ1) is 26.5. The fourth-order valence-corrected chi connectivity index (χ4v) is 17.3. The molecule has 8 fully saturated rings. The minimum Gasteiger partial charge on any atom is -0.481 e. The number of nitrogens with zero attached hydrogens (tertiary/aromatic N) is 2. The summed E-state index contributed by atoms with van der Waals surface area (Å²) in [4.78, 5) is 23.4. The highest BCUT2D eigenvalue weighted by Gasteiger charge is 2.65. The number of aliphatic hydroxyl groups excluding tert-OH is 2. The monoisotopic (exact) mass is 777 g/mol. The van der Waals surface area contributed by atoms with Gasteiger partial charge < -0.3 is 20.4 Å². The quantitative estimate of drug-likeness (QED) is 0.172. The summed E-state index contributed by atoms with van der Waals surface area (Å²) in [6.07, 6.45) is 18.6. The number of aliphatic carboxylic acids is 2. The van der Waals surface area contributed by atoms with Crippen LogP contribution in [0, 0.1) is 92.7 Å². The van der Waals surface area contributed by atoms with Gasteiger partial charge in [0.2, 0.25) is 0 Å². The zero-order valence-corrected chi connectivity index (χ0v) is 35.7. The van der Waals surface area contributed by atoms with Crippen LogP contribution in [0.3, 0.4) is 0 Å². The minimum absolute atomic E-state index is 0.108. The van der Waals surface area contributed by atoms with Gasteiger partial charge in [0.25, 0.3) is 0 Å². The van der Waals surface area contributed by atoms with Crippen LogP contribution in [-0.4, -0.2) is 56.0 Å². The summed E-state index contributed by atoms with van der Waals surface area (Å²) in [6, 6.07) is 0. The number of aliphatic hydroxyl groups is 2. The third kappa shape index (κ3) is 6.58. The van der Waals surface area contributed by atoms with E-state index in [1.165, 1.54) is 56.4 Å². The van der Waals surface area contributed by atoms with E-state index < -0.39 is 11.9 Å². The molecule has 0 amide bonds. The Bertz CT molecular complexity index is 1580. The second-order valence-corrected chi connectivity index (χ2v) is 22.5. The SMILES string of the molecule is C[C@H](CCC(=O)O)[C@H]1CC[C@H]2[C@@H]3/C(=N\N=C4\C[C@H]5[C@@H](CC[C@@H]6C[C@H](O)CC[C@@]65C)[C@@H]5CC[C@H]([C@H](C)CCC(=O)O)[C@@]45C)C[C@@H]4C[C@H](O)CC[C@]4(C)[C@H]3CC[C@]12C. The first kappa shape index (κ1) is 41.0. The third-order valence-corrected chi connectivity index (χ3v) is 20.4. The van der Waals surface area contributed by atoms with Gasteiger partial charge in [-0.15, -0.1) is 0 Å². The normalized spacial score (nSPS) is 50.9. The van der Waals surface area contributed by atoms with Crippen LogP contribution in [0.4, 0.5) is 0 Å². The molecule has 314 valence electrons. The van der Waals surface area contributed by atoms with E-state index in [1.54, 1.807) is 0 Å². The molecular weight excluding hydrogens is 701 g/mol. The van der Waals surface area contributed by atoms with Crippen LogP contribution in [0.15, 0.2) is 10.2 Å². The number of carboxylic acid groups (broad SMARTS) is 2. The molecule has 0 spiro atoms. The van der Waals surface area contributed by atoms with Crippen molar-refractivity contribution in [1.82, 2.24) is 0 Å². The zero-order chi connectivity index (χ0) is 39.9. The molecule has 0 aromatic heterocycles. The van der Waals surface area contributed by atoms with E-state index in [1.807, 2.05) is 0 Å². The van der Waals surface area contributed by atoms with Crippen molar-refractivity contribution in [1.29, 1.82) is 0 Å². The van der Waals surface area contributed by atoms with Gasteiger partial charge in [0.15, 0.2) is 0 Å². The molecule has 56 heavy (non-hydrogen) atoms. The van der Waals surface area contributed by atoms with E-state index in [2.05, 4.69) is 41.5 Å². The van der Waals surface area contributed by atoms with Gasteiger partial charge in [-0.1, -0.05) is 41.5 Å². The minimum atomic E-state index is -0.706. The Morgan fingerprint density at radius 3 is 1.84 bits per heavy atom. The van der Waals surface area contributed by atoms with E-state index in [0.29, 0.717) is 77.4 Å². The van der Waals surface area contributed by atoms with Crippen LogP contribution in [0.25, 0.3) is 0 Å². The maximum absolute atomic E-state index is 11.8. The van der Waals surface area contributed by atoms with Gasteiger partial charge in [0.05, 0.1) is 12.2 Å². The summed E-state index contributed by atoms with van der Waals surface area (Å²) < 4.78 is 0. The summed E-state index contributed by atoms with van der Waals surface area (Å²) in [6.45, 7) is 14.8. The largest absolute Gasteiger partial charge is 0.481 e. The number of carboxylic acids is 2. The lowest BCUT2D eigenvalue weighted by Crippen LogP contribution is -2.58. The van der Waals surface area contributed by atoms with E-state index >= 15 is 0 Å². The summed E-state index contributed by atoms with van der Waals surface area (Å²) in [7, 11) is 0. The Balaban J connectivity index is 1.19. The highest BCUT2D eigenvalue weighted by molar-refractivity contribution is 5.94. The van der Waals surface area contributed by atoms with Crippen molar-refractivity contribution in [2.45, 2.75) is 182 Å². The van der Waals surface area contributed by atoms with Crippen molar-refractivity contribution in [3.63, 3.8) is 0 Å². The average molecular weight is 777 g/mol. The Labute approximate surface area is 337 Å². The number of fused-ring (bicyclic) bond motifs is 10. The number of carbonyl (C=O) groups is 2. The predicted octanol–water partition coefficient (Wildman–Crippen LogP) is 10.0. The van der Waals surface area contributed by atoms with E-state index in [0.717, 1.165) is 64.2 Å². The van der Waals surface area contributed by atoms with Crippen LogP contribution in [0.5, 0.6) is 0 Å². The van der Waals surface area contributed by atoms with Crippen molar-refractivity contribution < 1.29 is 30.0 Å². The van der Waals surface area contributed by atoms with Crippen molar-refractivity contribution in [2.75, 3.05) is 0 Å². The molecule has 0 radical (unpaired) electrons. The molecule has 0 aromatic carbocycles. The van der Waals surface area contributed by atoms with E-state index in [-0.39, 0.29) is 46.7 Å². The third-order valence-electron chi connectivity index (χ3n) is 20.4. The lowest BCUT2D eigenvalue weighted by Gasteiger charge is -2.61. The summed E-state index contributed by atoms with van der Waals surface area (Å²) >= 11 is 0. The molecule has 8 saturated carbocycles. The summed E-state index contributed by atoms with van der Waals surface area (Å²) in [5, 5.41) is 52.3. The average Bonchev–Trinajstić information content (AvgIpc) is 3.70. The maximum Gasteiger partial charge on any atom is 0.303 e. The van der Waals surface area contributed by atoms with Crippen LogP contribution >= 0.6 is 0 Å². The lowest BCUT2D eigenvalue weighted by atomic mass is 9.43. The molecule has 0 bridgehead atoms. The molecule has 8 nitrogen and oxygen atoms in total. The fraction of sp³-hybridized carbons (Fsp3) is 0.917. The van der Waals surface area contributed by atoms with Crippen molar-refractivity contribution in [3.05, 3.63) is 0 Å². The van der Waals surface area contributed by atoms with Gasteiger partial charge in [-0.3, -0.25) is 9.59 Å². The van der Waals surface area contributed by atoms with Gasteiger partial charge in [-0.25, -0.2) is 0 Å². The fourth-order valence-electron chi connectivity index (χ4n) is 17.3. The molecule has 4 N–H and O–H groups in total. The highest BCUT2D eigenvalue weighted by Crippen LogP contribution is 2.70. The van der Waals surface area contributed by atoms with Crippen molar-refractivity contribution >= 4 is 23.4 Å². The molecule has 8 aliphatic carbocycles. The van der Waals surface area contributed by atoms with Crippen LogP contribution in [-0.2, 0) is 9.59 Å².